The molecule has 14 rings (SSSR count). The topological polar surface area (TPSA) is 3.24 Å². The summed E-state index contributed by atoms with van der Waals surface area (Å²) in [6, 6.07) is 87.2. The van der Waals surface area contributed by atoms with Crippen molar-refractivity contribution in [2.24, 2.45) is 0 Å². The summed E-state index contributed by atoms with van der Waals surface area (Å²) in [4.78, 5) is 2.52. The lowest BCUT2D eigenvalue weighted by Gasteiger charge is -2.32. The molecular weight excluding hydrogens is 831 g/mol. The first-order valence-electron chi connectivity index (χ1n) is 24.7. The van der Waals surface area contributed by atoms with E-state index < -0.39 is 0 Å². The van der Waals surface area contributed by atoms with Gasteiger partial charge in [-0.1, -0.05) is 208 Å². The van der Waals surface area contributed by atoms with Gasteiger partial charge in [0.05, 0.1) is 0 Å². The van der Waals surface area contributed by atoms with E-state index in [1.807, 2.05) is 0 Å². The van der Waals surface area contributed by atoms with Crippen LogP contribution in [0.5, 0.6) is 0 Å². The van der Waals surface area contributed by atoms with Gasteiger partial charge >= 0.3 is 0 Å². The monoisotopic (exact) mass is 881 g/mol. The van der Waals surface area contributed by atoms with Crippen LogP contribution < -0.4 is 4.90 Å². The van der Waals surface area contributed by atoms with Crippen LogP contribution in [0.1, 0.15) is 77.3 Å². The predicted molar refractivity (Wildman–Crippen MR) is 287 cm³/mol. The molecule has 2 unspecified atom stereocenters. The second-order valence-corrected chi connectivity index (χ2v) is 20.4. The van der Waals surface area contributed by atoms with Crippen molar-refractivity contribution in [1.29, 1.82) is 0 Å². The normalized spacial score (nSPS) is 18.2. The average Bonchev–Trinajstić information content (AvgIpc) is 4.09. The maximum absolute atomic E-state index is 2.54. The van der Waals surface area contributed by atoms with Crippen LogP contribution in [-0.4, -0.2) is 0 Å². The Morgan fingerprint density at radius 2 is 0.812 bits per heavy atom. The molecule has 2 atom stereocenters. The summed E-state index contributed by atoms with van der Waals surface area (Å²) in [5.74, 6) is 0. The Balaban J connectivity index is 0.947. The highest BCUT2D eigenvalue weighted by Gasteiger charge is 2.49. The van der Waals surface area contributed by atoms with Crippen LogP contribution in [0.2, 0.25) is 0 Å². The van der Waals surface area contributed by atoms with Gasteiger partial charge in [0.25, 0.3) is 0 Å². The lowest BCUT2D eigenvalue weighted by Crippen LogP contribution is -2.24. The summed E-state index contributed by atoms with van der Waals surface area (Å²) in [6.45, 7) is 7.19. The Morgan fingerprint density at radius 1 is 0.333 bits per heavy atom. The van der Waals surface area contributed by atoms with Crippen LogP contribution in [0.4, 0.5) is 17.1 Å². The summed E-state index contributed by atoms with van der Waals surface area (Å²) in [6.07, 6.45) is 2.13. The quantitative estimate of drug-likeness (QED) is 0.161. The van der Waals surface area contributed by atoms with Crippen molar-refractivity contribution in [3.8, 4) is 55.6 Å². The first-order chi connectivity index (χ1) is 33.9. The Labute approximate surface area is 406 Å². The minimum atomic E-state index is -0.326. The van der Waals surface area contributed by atoms with Gasteiger partial charge in [0, 0.05) is 33.3 Å². The van der Waals surface area contributed by atoms with E-state index in [1.54, 1.807) is 0 Å². The number of hydrogen-bond acceptors (Lipinski definition) is 1. The molecule has 0 amide bonds. The van der Waals surface area contributed by atoms with Gasteiger partial charge in [-0.3, -0.25) is 0 Å². The van der Waals surface area contributed by atoms with E-state index in [0.717, 1.165) is 29.9 Å². The number of fused-ring (bicyclic) bond motifs is 13. The molecule has 0 radical (unpaired) electrons. The Morgan fingerprint density at radius 3 is 1.52 bits per heavy atom. The fourth-order valence-corrected chi connectivity index (χ4v) is 13.6. The summed E-state index contributed by atoms with van der Waals surface area (Å²) in [5.41, 5.74) is 28.3. The van der Waals surface area contributed by atoms with Crippen molar-refractivity contribution in [1.82, 2.24) is 0 Å². The van der Waals surface area contributed by atoms with Gasteiger partial charge < -0.3 is 4.90 Å². The smallest absolute Gasteiger partial charge is 0.0470 e. The first-order valence-corrected chi connectivity index (χ1v) is 24.7. The Hall–Kier alpha value is -8.00. The molecule has 1 spiro atoms. The van der Waals surface area contributed by atoms with Crippen molar-refractivity contribution in [3.63, 3.8) is 0 Å². The molecule has 0 aliphatic heterocycles. The third-order valence-electron chi connectivity index (χ3n) is 16.8. The van der Waals surface area contributed by atoms with Crippen LogP contribution in [0.25, 0.3) is 55.6 Å². The Bertz CT molecular complexity index is 3720. The van der Waals surface area contributed by atoms with Crippen molar-refractivity contribution in [2.45, 2.75) is 49.9 Å². The molecule has 10 aromatic rings. The molecule has 1 nitrogen and oxygen atoms in total. The fourth-order valence-electron chi connectivity index (χ4n) is 13.6. The van der Waals surface area contributed by atoms with Crippen molar-refractivity contribution in [2.75, 3.05) is 4.90 Å². The summed E-state index contributed by atoms with van der Waals surface area (Å²) in [7, 11) is 0. The molecule has 0 fully saturated rings. The van der Waals surface area contributed by atoms with Crippen LogP contribution in [-0.2, 0) is 22.7 Å². The molecule has 0 bridgehead atoms. The minimum absolute atomic E-state index is 0.121. The maximum atomic E-state index is 2.54. The Kier molecular flexibility index (Phi) is 8.57. The lowest BCUT2D eigenvalue weighted by atomic mass is 9.73. The zero-order chi connectivity index (χ0) is 46.1. The molecule has 0 N–H and O–H groups in total. The third-order valence-corrected chi connectivity index (χ3v) is 16.8. The van der Waals surface area contributed by atoms with Crippen LogP contribution in [0, 0.1) is 0 Å². The molecule has 0 saturated heterocycles. The molecular formula is C68H51N. The fraction of sp³-hybridized carbons (Fsp3) is 0.118. The average molecular weight is 882 g/mol. The zero-order valence-electron chi connectivity index (χ0n) is 39.3. The van der Waals surface area contributed by atoms with Gasteiger partial charge in [-0.2, -0.15) is 0 Å². The zero-order valence-corrected chi connectivity index (χ0v) is 39.3. The van der Waals surface area contributed by atoms with Gasteiger partial charge in [-0.15, -0.1) is 0 Å². The molecule has 69 heavy (non-hydrogen) atoms. The van der Waals surface area contributed by atoms with E-state index in [-0.39, 0.29) is 16.2 Å². The number of benzene rings is 10. The molecule has 1 heteroatoms. The SMILES string of the molecule is CC1(C)c2ccccc2-c2cccc(-c3ccccc3-c3ccc(N(c4ccc5c(c4)C(C)(c4ccccc4)c4ccccc4-5)c4ccc5c(c4)C4(CCc6ccccc64)c4ccccc4-5)cc3)c21. The van der Waals surface area contributed by atoms with Crippen molar-refractivity contribution in [3.05, 3.63) is 281 Å². The van der Waals surface area contributed by atoms with E-state index in [1.165, 1.54) is 106 Å². The molecule has 0 heterocycles. The number of rotatable bonds is 6. The molecule has 0 aromatic heterocycles. The number of aryl methyl sites for hydroxylation is 1. The molecule has 4 aliphatic carbocycles. The van der Waals surface area contributed by atoms with Gasteiger partial charge in [0.15, 0.2) is 0 Å². The van der Waals surface area contributed by atoms with Crippen LogP contribution in [0.15, 0.2) is 231 Å². The standard InChI is InChI=1S/C68H51N/c1-66(2)60-29-14-10-25-54(60)58-27-17-26-57(65(58)66)51-22-9-8-21-50(51)44-32-34-47(35-33-44)69(48-36-38-55-52-23-11-15-30-61(52)67(3,63(55)42-48)46-19-5-4-6-20-46)49-37-39-56-53-24-12-16-31-62(53)68(64(56)43-49)41-40-45-18-7-13-28-59(45)68/h4-39,42-43H,40-41H2,1-3H3. The highest BCUT2D eigenvalue weighted by Crippen LogP contribution is 2.60. The molecule has 328 valence electrons. The minimum Gasteiger partial charge on any atom is -0.310 e. The number of hydrogen-bond donors (Lipinski definition) is 0. The van der Waals surface area contributed by atoms with E-state index >= 15 is 0 Å². The molecule has 4 aliphatic rings. The van der Waals surface area contributed by atoms with Gasteiger partial charge in [0.1, 0.15) is 0 Å². The van der Waals surface area contributed by atoms with Gasteiger partial charge in [-0.25, -0.2) is 0 Å². The highest BCUT2D eigenvalue weighted by molar-refractivity contribution is 5.94. The predicted octanol–water partition coefficient (Wildman–Crippen LogP) is 17.4. The van der Waals surface area contributed by atoms with E-state index in [4.69, 9.17) is 0 Å². The van der Waals surface area contributed by atoms with E-state index in [2.05, 4.69) is 256 Å². The number of anilines is 3. The van der Waals surface area contributed by atoms with Crippen molar-refractivity contribution < 1.29 is 0 Å². The summed E-state index contributed by atoms with van der Waals surface area (Å²) in [5, 5.41) is 0. The second kappa shape index (κ2) is 14.7. The largest absolute Gasteiger partial charge is 0.310 e. The van der Waals surface area contributed by atoms with E-state index in [9.17, 15) is 0 Å². The molecule has 0 saturated carbocycles. The van der Waals surface area contributed by atoms with E-state index in [0.29, 0.717) is 0 Å². The van der Waals surface area contributed by atoms with Crippen LogP contribution in [0.3, 0.4) is 0 Å². The van der Waals surface area contributed by atoms with Crippen molar-refractivity contribution >= 4 is 17.1 Å². The van der Waals surface area contributed by atoms with Gasteiger partial charge in [0.2, 0.25) is 0 Å². The van der Waals surface area contributed by atoms with Gasteiger partial charge in [-0.05, 0) is 162 Å². The second-order valence-electron chi connectivity index (χ2n) is 20.4. The lowest BCUT2D eigenvalue weighted by molar-refractivity contribution is 0.626. The molecule has 10 aromatic carbocycles. The third kappa shape index (κ3) is 5.53. The van der Waals surface area contributed by atoms with Crippen LogP contribution >= 0.6 is 0 Å². The summed E-state index contributed by atoms with van der Waals surface area (Å²) >= 11 is 0. The highest BCUT2D eigenvalue weighted by atomic mass is 15.1. The first kappa shape index (κ1) is 40.1. The number of nitrogens with zero attached hydrogens (tertiary/aromatic N) is 1. The summed E-state index contributed by atoms with van der Waals surface area (Å²) < 4.78 is 0. The maximum Gasteiger partial charge on any atom is 0.0470 e.